The monoisotopic (exact) mass is 288 g/mol. The van der Waals surface area contributed by atoms with Crippen LogP contribution in [0.5, 0.6) is 0 Å². The lowest BCUT2D eigenvalue weighted by Gasteiger charge is -2.21. The van der Waals surface area contributed by atoms with Crippen molar-refractivity contribution >= 4 is 22.6 Å². The Morgan fingerprint density at radius 1 is 1.46 bits per heavy atom. The zero-order valence-electron chi connectivity index (χ0n) is 7.63. The van der Waals surface area contributed by atoms with Crippen molar-refractivity contribution in [2.24, 2.45) is 0 Å². The number of hydrogen-bond acceptors (Lipinski definition) is 1. The number of aliphatic hydroxyl groups is 1. The molecule has 70 valence electrons. The molecule has 0 aliphatic carbocycles. The van der Waals surface area contributed by atoms with Gasteiger partial charge < -0.3 is 5.11 Å². The van der Waals surface area contributed by atoms with E-state index in [1.165, 1.54) is 3.57 Å². The molecule has 2 heteroatoms. The fraction of sp³-hybridized carbons (Fsp3) is 0.273. The van der Waals surface area contributed by atoms with Crippen LogP contribution < -0.4 is 0 Å². The molecule has 1 nitrogen and oxygen atoms in total. The summed E-state index contributed by atoms with van der Waals surface area (Å²) in [7, 11) is 0. The molecule has 0 saturated carbocycles. The maximum Gasteiger partial charge on any atom is 0.0902 e. The molecule has 0 aromatic heterocycles. The molecule has 0 radical (unpaired) electrons. The Morgan fingerprint density at radius 3 is 2.46 bits per heavy atom. The second kappa shape index (κ2) is 4.24. The minimum absolute atomic E-state index is 0.577. The quantitative estimate of drug-likeness (QED) is 0.669. The molecule has 0 unspecified atom stereocenters. The lowest BCUT2D eigenvalue weighted by atomic mass is 9.93. The van der Waals surface area contributed by atoms with Crippen molar-refractivity contribution in [3.8, 4) is 0 Å². The summed E-state index contributed by atoms with van der Waals surface area (Å²) in [5.41, 5.74) is 0.152. The van der Waals surface area contributed by atoms with E-state index in [9.17, 15) is 5.11 Å². The minimum Gasteiger partial charge on any atom is -0.385 e. The smallest absolute Gasteiger partial charge is 0.0902 e. The van der Waals surface area contributed by atoms with E-state index in [0.717, 1.165) is 5.56 Å². The Balaban J connectivity index is 2.93. The molecule has 1 aromatic rings. The standard InChI is InChI=1S/C11H13IO/c1-3-8-11(2,13)9-4-6-10(12)7-5-9/h3-7,13H,1,8H2,2H3/t11-/m1/s1. The molecular formula is C11H13IO. The fourth-order valence-corrected chi connectivity index (χ4v) is 1.57. The van der Waals surface area contributed by atoms with Crippen LogP contribution in [-0.4, -0.2) is 5.11 Å². The van der Waals surface area contributed by atoms with Crippen molar-refractivity contribution in [1.29, 1.82) is 0 Å². The summed E-state index contributed by atoms with van der Waals surface area (Å²) in [6.45, 7) is 5.43. The molecule has 0 saturated heterocycles. The van der Waals surface area contributed by atoms with E-state index in [4.69, 9.17) is 0 Å². The molecule has 0 aliphatic heterocycles. The average molecular weight is 288 g/mol. The number of hydrogen-bond donors (Lipinski definition) is 1. The summed E-state index contributed by atoms with van der Waals surface area (Å²) >= 11 is 2.24. The number of benzene rings is 1. The molecule has 13 heavy (non-hydrogen) atoms. The van der Waals surface area contributed by atoms with Crippen molar-refractivity contribution in [2.75, 3.05) is 0 Å². The Kier molecular flexibility index (Phi) is 3.50. The molecule has 0 fully saturated rings. The van der Waals surface area contributed by atoms with Crippen LogP contribution in [-0.2, 0) is 5.60 Å². The number of halogens is 1. The minimum atomic E-state index is -0.786. The van der Waals surface area contributed by atoms with Gasteiger partial charge in [0.15, 0.2) is 0 Å². The van der Waals surface area contributed by atoms with E-state index in [1.54, 1.807) is 13.0 Å². The predicted octanol–water partition coefficient (Wildman–Crippen LogP) is 3.07. The van der Waals surface area contributed by atoms with Crippen LogP contribution in [0, 0.1) is 3.57 Å². The third-order valence-electron chi connectivity index (χ3n) is 2.01. The van der Waals surface area contributed by atoms with Gasteiger partial charge in [0.25, 0.3) is 0 Å². The van der Waals surface area contributed by atoms with Gasteiger partial charge in [0.1, 0.15) is 0 Å². The topological polar surface area (TPSA) is 20.2 Å². The maximum absolute atomic E-state index is 10.0. The highest BCUT2D eigenvalue weighted by atomic mass is 127. The van der Waals surface area contributed by atoms with Gasteiger partial charge in [-0.2, -0.15) is 0 Å². The highest BCUT2D eigenvalue weighted by Crippen LogP contribution is 2.24. The van der Waals surface area contributed by atoms with Gasteiger partial charge in [-0.05, 0) is 53.6 Å². The summed E-state index contributed by atoms with van der Waals surface area (Å²) < 4.78 is 1.18. The molecule has 1 N–H and O–H groups in total. The third-order valence-corrected chi connectivity index (χ3v) is 2.73. The molecule has 0 aliphatic rings. The van der Waals surface area contributed by atoms with Crippen molar-refractivity contribution < 1.29 is 5.11 Å². The number of rotatable bonds is 3. The summed E-state index contributed by atoms with van der Waals surface area (Å²) in [5.74, 6) is 0. The van der Waals surface area contributed by atoms with Gasteiger partial charge in [-0.3, -0.25) is 0 Å². The van der Waals surface area contributed by atoms with Crippen LogP contribution in [0.4, 0.5) is 0 Å². The van der Waals surface area contributed by atoms with E-state index in [2.05, 4.69) is 29.2 Å². The van der Waals surface area contributed by atoms with Gasteiger partial charge in [-0.1, -0.05) is 18.2 Å². The Bertz CT molecular complexity index is 287. The molecule has 0 heterocycles. The highest BCUT2D eigenvalue weighted by molar-refractivity contribution is 14.1. The predicted molar refractivity (Wildman–Crippen MR) is 63.5 cm³/mol. The molecule has 0 spiro atoms. The van der Waals surface area contributed by atoms with Gasteiger partial charge in [-0.25, -0.2) is 0 Å². The first-order valence-electron chi connectivity index (χ1n) is 4.15. The van der Waals surface area contributed by atoms with Gasteiger partial charge in [0.2, 0.25) is 0 Å². The zero-order chi connectivity index (χ0) is 9.90. The summed E-state index contributed by atoms with van der Waals surface area (Å²) in [6.07, 6.45) is 2.31. The largest absolute Gasteiger partial charge is 0.385 e. The van der Waals surface area contributed by atoms with E-state index in [1.807, 2.05) is 24.3 Å². The molecular weight excluding hydrogens is 275 g/mol. The highest BCUT2D eigenvalue weighted by Gasteiger charge is 2.20. The van der Waals surface area contributed by atoms with Crippen LogP contribution in [0.1, 0.15) is 18.9 Å². The summed E-state index contributed by atoms with van der Waals surface area (Å²) in [4.78, 5) is 0. The lowest BCUT2D eigenvalue weighted by molar-refractivity contribution is 0.0606. The first-order valence-corrected chi connectivity index (χ1v) is 5.23. The Morgan fingerprint density at radius 2 is 2.00 bits per heavy atom. The Labute approximate surface area is 92.6 Å². The van der Waals surface area contributed by atoms with Crippen molar-refractivity contribution in [2.45, 2.75) is 18.9 Å². The van der Waals surface area contributed by atoms with E-state index < -0.39 is 5.60 Å². The van der Waals surface area contributed by atoms with Crippen LogP contribution in [0.3, 0.4) is 0 Å². The second-order valence-corrected chi connectivity index (χ2v) is 4.52. The lowest BCUT2D eigenvalue weighted by Crippen LogP contribution is -2.19. The van der Waals surface area contributed by atoms with Gasteiger partial charge in [0, 0.05) is 3.57 Å². The van der Waals surface area contributed by atoms with Crippen LogP contribution in [0.15, 0.2) is 36.9 Å². The molecule has 1 atom stereocenters. The first kappa shape index (κ1) is 10.7. The zero-order valence-corrected chi connectivity index (χ0v) is 9.78. The van der Waals surface area contributed by atoms with Crippen LogP contribution in [0.25, 0.3) is 0 Å². The van der Waals surface area contributed by atoms with Crippen LogP contribution in [0.2, 0.25) is 0 Å². The van der Waals surface area contributed by atoms with Gasteiger partial charge >= 0.3 is 0 Å². The third kappa shape index (κ3) is 2.81. The van der Waals surface area contributed by atoms with E-state index in [0.29, 0.717) is 6.42 Å². The Hall–Kier alpha value is -0.350. The van der Waals surface area contributed by atoms with Crippen LogP contribution >= 0.6 is 22.6 Å². The first-order chi connectivity index (χ1) is 6.06. The summed E-state index contributed by atoms with van der Waals surface area (Å²) in [5, 5.41) is 10.0. The van der Waals surface area contributed by atoms with Crippen molar-refractivity contribution in [3.63, 3.8) is 0 Å². The van der Waals surface area contributed by atoms with Crippen molar-refractivity contribution in [1.82, 2.24) is 0 Å². The fourth-order valence-electron chi connectivity index (χ4n) is 1.21. The van der Waals surface area contributed by atoms with Gasteiger partial charge in [0.05, 0.1) is 5.60 Å². The van der Waals surface area contributed by atoms with E-state index >= 15 is 0 Å². The normalized spacial score (nSPS) is 15.0. The molecule has 1 aromatic carbocycles. The molecule has 0 amide bonds. The average Bonchev–Trinajstić information content (AvgIpc) is 2.05. The second-order valence-electron chi connectivity index (χ2n) is 3.27. The van der Waals surface area contributed by atoms with Gasteiger partial charge in [-0.15, -0.1) is 6.58 Å². The maximum atomic E-state index is 10.0. The molecule has 0 bridgehead atoms. The molecule has 1 rings (SSSR count). The SMILES string of the molecule is C=CC[C@@](C)(O)c1ccc(I)cc1. The van der Waals surface area contributed by atoms with Crippen molar-refractivity contribution in [3.05, 3.63) is 46.1 Å². The summed E-state index contributed by atoms with van der Waals surface area (Å²) in [6, 6.07) is 7.89. The van der Waals surface area contributed by atoms with E-state index in [-0.39, 0.29) is 0 Å².